The highest BCUT2D eigenvalue weighted by atomic mass is 79.9. The lowest BCUT2D eigenvalue weighted by atomic mass is 10.1. The van der Waals surface area contributed by atoms with Crippen LogP contribution in [0.5, 0.6) is 0 Å². The lowest BCUT2D eigenvalue weighted by Crippen LogP contribution is -2.51. The van der Waals surface area contributed by atoms with Gasteiger partial charge in [0.1, 0.15) is 5.82 Å². The van der Waals surface area contributed by atoms with Crippen molar-refractivity contribution in [2.45, 2.75) is 13.5 Å². The highest BCUT2D eigenvalue weighted by Gasteiger charge is 2.23. The molecule has 1 aliphatic rings. The number of Topliss-reactive ketones (excluding diaryl/α,β-unsaturated/α-hetero) is 1. The molecule has 2 amide bonds. The van der Waals surface area contributed by atoms with Crippen LogP contribution in [-0.2, 0) is 6.54 Å². The quantitative estimate of drug-likeness (QED) is 0.745. The Balaban J connectivity index is 1.54. The fourth-order valence-corrected chi connectivity index (χ4v) is 3.52. The van der Waals surface area contributed by atoms with E-state index in [0.29, 0.717) is 44.0 Å². The molecule has 2 aromatic rings. The zero-order chi connectivity index (χ0) is 19.4. The summed E-state index contributed by atoms with van der Waals surface area (Å²) in [6.45, 7) is 3.98. The summed E-state index contributed by atoms with van der Waals surface area (Å²) in [6.07, 6.45) is 0. The van der Waals surface area contributed by atoms with Crippen molar-refractivity contribution < 1.29 is 14.0 Å². The van der Waals surface area contributed by atoms with Crippen LogP contribution in [0.15, 0.2) is 46.9 Å². The summed E-state index contributed by atoms with van der Waals surface area (Å²) in [4.78, 5) is 27.3. The molecule has 0 aliphatic carbocycles. The van der Waals surface area contributed by atoms with Gasteiger partial charge in [0.05, 0.1) is 5.69 Å². The largest absolute Gasteiger partial charge is 0.366 e. The number of hydrogen-bond donors (Lipinski definition) is 1. The molecule has 2 aromatic carbocycles. The number of piperazine rings is 1. The highest BCUT2D eigenvalue weighted by Crippen LogP contribution is 2.22. The van der Waals surface area contributed by atoms with Gasteiger partial charge in [-0.3, -0.25) is 4.79 Å². The second-order valence-electron chi connectivity index (χ2n) is 6.49. The molecule has 7 heteroatoms. The standard InChI is InChI=1S/C20H21BrFN3O2/c1-14(26)16-5-6-19(18(22)12-16)24-7-9-25(10-8-24)20(27)23-13-15-3-2-4-17(21)11-15/h2-6,11-12H,7-10,13H2,1H3,(H,23,27). The molecule has 1 heterocycles. The van der Waals surface area contributed by atoms with E-state index in [0.717, 1.165) is 10.0 Å². The summed E-state index contributed by atoms with van der Waals surface area (Å²) in [5.41, 5.74) is 1.85. The number of ketones is 1. The Hall–Kier alpha value is -2.41. The zero-order valence-corrected chi connectivity index (χ0v) is 16.6. The third-order valence-corrected chi connectivity index (χ3v) is 5.09. The number of benzene rings is 2. The first-order chi connectivity index (χ1) is 12.9. The second-order valence-corrected chi connectivity index (χ2v) is 7.40. The summed E-state index contributed by atoms with van der Waals surface area (Å²) in [6, 6.07) is 12.2. The molecule has 1 aliphatic heterocycles. The lowest BCUT2D eigenvalue weighted by molar-refractivity contribution is 0.101. The maximum Gasteiger partial charge on any atom is 0.317 e. The second kappa shape index (κ2) is 8.52. The van der Waals surface area contributed by atoms with E-state index in [-0.39, 0.29) is 11.8 Å². The van der Waals surface area contributed by atoms with Gasteiger partial charge in [0.25, 0.3) is 0 Å². The van der Waals surface area contributed by atoms with Crippen LogP contribution in [-0.4, -0.2) is 42.9 Å². The molecule has 1 fully saturated rings. The SMILES string of the molecule is CC(=O)c1ccc(N2CCN(C(=O)NCc3cccc(Br)c3)CC2)c(F)c1. The summed E-state index contributed by atoms with van der Waals surface area (Å²) in [7, 11) is 0. The van der Waals surface area contributed by atoms with Crippen LogP contribution in [0.1, 0.15) is 22.8 Å². The molecule has 142 valence electrons. The Kier molecular flexibility index (Phi) is 6.11. The van der Waals surface area contributed by atoms with Gasteiger partial charge in [-0.15, -0.1) is 0 Å². The topological polar surface area (TPSA) is 52.7 Å². The number of nitrogens with one attached hydrogen (secondary N) is 1. The number of halogens is 2. The van der Waals surface area contributed by atoms with Crippen LogP contribution in [0.4, 0.5) is 14.9 Å². The molecule has 0 atom stereocenters. The van der Waals surface area contributed by atoms with E-state index in [9.17, 15) is 14.0 Å². The van der Waals surface area contributed by atoms with E-state index < -0.39 is 5.82 Å². The normalized spacial score (nSPS) is 14.2. The zero-order valence-electron chi connectivity index (χ0n) is 15.0. The first-order valence-corrected chi connectivity index (χ1v) is 9.56. The molecule has 0 aromatic heterocycles. The molecule has 5 nitrogen and oxygen atoms in total. The Morgan fingerprint density at radius 3 is 2.48 bits per heavy atom. The maximum absolute atomic E-state index is 14.3. The number of urea groups is 1. The Morgan fingerprint density at radius 1 is 1.11 bits per heavy atom. The molecular formula is C20H21BrFN3O2. The van der Waals surface area contributed by atoms with E-state index in [2.05, 4.69) is 21.2 Å². The van der Waals surface area contributed by atoms with Gasteiger partial charge in [-0.05, 0) is 42.8 Å². The average molecular weight is 434 g/mol. The Morgan fingerprint density at radius 2 is 1.85 bits per heavy atom. The van der Waals surface area contributed by atoms with Crippen LogP contribution in [0.3, 0.4) is 0 Å². The van der Waals surface area contributed by atoms with E-state index in [1.807, 2.05) is 29.2 Å². The summed E-state index contributed by atoms with van der Waals surface area (Å²) in [5, 5.41) is 2.92. The predicted molar refractivity (Wildman–Crippen MR) is 107 cm³/mol. The van der Waals surface area contributed by atoms with E-state index in [4.69, 9.17) is 0 Å². The fourth-order valence-electron chi connectivity index (χ4n) is 3.07. The predicted octanol–water partition coefficient (Wildman–Crippen LogP) is 3.82. The van der Waals surface area contributed by atoms with Gasteiger partial charge in [-0.1, -0.05) is 28.1 Å². The van der Waals surface area contributed by atoms with Gasteiger partial charge in [0.2, 0.25) is 0 Å². The van der Waals surface area contributed by atoms with Gasteiger partial charge in [-0.2, -0.15) is 0 Å². The van der Waals surface area contributed by atoms with Crippen molar-refractivity contribution in [1.29, 1.82) is 0 Å². The minimum absolute atomic E-state index is 0.123. The first kappa shape index (κ1) is 19.4. The van der Waals surface area contributed by atoms with E-state index in [1.54, 1.807) is 17.0 Å². The number of amides is 2. The molecule has 3 rings (SSSR count). The molecular weight excluding hydrogens is 413 g/mol. The number of nitrogens with zero attached hydrogens (tertiary/aromatic N) is 2. The number of anilines is 1. The molecule has 0 radical (unpaired) electrons. The number of carbonyl (C=O) groups excluding carboxylic acids is 2. The minimum Gasteiger partial charge on any atom is -0.366 e. The van der Waals surface area contributed by atoms with Crippen molar-refractivity contribution in [2.75, 3.05) is 31.1 Å². The molecule has 1 saturated heterocycles. The average Bonchev–Trinajstić information content (AvgIpc) is 2.66. The van der Waals surface area contributed by atoms with Crippen LogP contribution in [0, 0.1) is 5.82 Å². The summed E-state index contributed by atoms with van der Waals surface area (Å²) >= 11 is 3.41. The highest BCUT2D eigenvalue weighted by molar-refractivity contribution is 9.10. The summed E-state index contributed by atoms with van der Waals surface area (Å²) < 4.78 is 15.3. The molecule has 0 saturated carbocycles. The number of rotatable bonds is 4. The van der Waals surface area contributed by atoms with Crippen LogP contribution in [0.2, 0.25) is 0 Å². The van der Waals surface area contributed by atoms with Gasteiger partial charge in [0.15, 0.2) is 5.78 Å². The van der Waals surface area contributed by atoms with Crippen molar-refractivity contribution in [3.8, 4) is 0 Å². The molecule has 0 spiro atoms. The summed E-state index contributed by atoms with van der Waals surface area (Å²) in [5.74, 6) is -0.567. The van der Waals surface area contributed by atoms with Crippen molar-refractivity contribution in [3.63, 3.8) is 0 Å². The lowest BCUT2D eigenvalue weighted by Gasteiger charge is -2.36. The molecule has 0 unspecified atom stereocenters. The van der Waals surface area contributed by atoms with Gasteiger partial charge in [-0.25, -0.2) is 9.18 Å². The van der Waals surface area contributed by atoms with Gasteiger partial charge >= 0.3 is 6.03 Å². The fraction of sp³-hybridized carbons (Fsp3) is 0.300. The van der Waals surface area contributed by atoms with Crippen LogP contribution in [0.25, 0.3) is 0 Å². The van der Waals surface area contributed by atoms with Gasteiger partial charge < -0.3 is 15.1 Å². The van der Waals surface area contributed by atoms with Crippen molar-refractivity contribution >= 4 is 33.4 Å². The molecule has 0 bridgehead atoms. The third kappa shape index (κ3) is 4.86. The van der Waals surface area contributed by atoms with Crippen LogP contribution < -0.4 is 10.2 Å². The third-order valence-electron chi connectivity index (χ3n) is 4.59. The first-order valence-electron chi connectivity index (χ1n) is 8.76. The van der Waals surface area contributed by atoms with Crippen molar-refractivity contribution in [2.24, 2.45) is 0 Å². The molecule has 27 heavy (non-hydrogen) atoms. The Labute approximate surface area is 166 Å². The smallest absolute Gasteiger partial charge is 0.317 e. The molecule has 1 N–H and O–H groups in total. The number of hydrogen-bond acceptors (Lipinski definition) is 3. The van der Waals surface area contributed by atoms with Crippen LogP contribution >= 0.6 is 15.9 Å². The van der Waals surface area contributed by atoms with Crippen molar-refractivity contribution in [3.05, 3.63) is 63.9 Å². The number of carbonyl (C=O) groups is 2. The van der Waals surface area contributed by atoms with Crippen molar-refractivity contribution in [1.82, 2.24) is 10.2 Å². The van der Waals surface area contributed by atoms with E-state index in [1.165, 1.54) is 13.0 Å². The van der Waals surface area contributed by atoms with Gasteiger partial charge in [0, 0.05) is 42.8 Å². The minimum atomic E-state index is -0.407. The monoisotopic (exact) mass is 433 g/mol. The maximum atomic E-state index is 14.3. The Bertz CT molecular complexity index is 851. The van der Waals surface area contributed by atoms with E-state index >= 15 is 0 Å².